The summed E-state index contributed by atoms with van der Waals surface area (Å²) in [5, 5.41) is 11.3. The van der Waals surface area contributed by atoms with Gasteiger partial charge in [-0.05, 0) is 56.6 Å². The second-order valence-electron chi connectivity index (χ2n) is 9.15. The first-order chi connectivity index (χ1) is 12.7. The Bertz CT molecular complexity index is 780. The van der Waals surface area contributed by atoms with Gasteiger partial charge in [0, 0.05) is 23.2 Å². The Morgan fingerprint density at radius 3 is 2.74 bits per heavy atom. The Balaban J connectivity index is 1.73. The molecule has 0 aliphatic heterocycles. The van der Waals surface area contributed by atoms with Crippen LogP contribution in [0.4, 0.5) is 0 Å². The molecular formula is C22H28O5. The lowest BCUT2D eigenvalue weighted by atomic mass is 9.47. The third-order valence-corrected chi connectivity index (χ3v) is 8.02. The third-order valence-electron chi connectivity index (χ3n) is 8.02. The van der Waals surface area contributed by atoms with E-state index in [-0.39, 0.29) is 42.3 Å². The number of hydrogen-bond acceptors (Lipinski definition) is 5. The number of allylic oxidation sites excluding steroid dienone is 4. The van der Waals surface area contributed by atoms with Gasteiger partial charge in [-0.3, -0.25) is 9.59 Å². The lowest BCUT2D eigenvalue weighted by Crippen LogP contribution is -2.60. The molecule has 0 bridgehead atoms. The second kappa shape index (κ2) is 5.87. The zero-order chi connectivity index (χ0) is 19.6. The predicted molar refractivity (Wildman–Crippen MR) is 98.6 cm³/mol. The van der Waals surface area contributed by atoms with Crippen molar-refractivity contribution in [1.29, 1.82) is 0 Å². The van der Waals surface area contributed by atoms with E-state index in [1.54, 1.807) is 19.1 Å². The molecule has 0 spiro atoms. The van der Waals surface area contributed by atoms with Crippen LogP contribution in [0.2, 0.25) is 0 Å². The smallest absolute Gasteiger partial charge is 0.338 e. The maximum absolute atomic E-state index is 13.4. The summed E-state index contributed by atoms with van der Waals surface area (Å²) in [4.78, 5) is 37.8. The van der Waals surface area contributed by atoms with Crippen molar-refractivity contribution in [2.24, 2.45) is 28.6 Å². The number of esters is 1. The Labute approximate surface area is 159 Å². The van der Waals surface area contributed by atoms with Crippen molar-refractivity contribution in [2.75, 3.05) is 6.61 Å². The summed E-state index contributed by atoms with van der Waals surface area (Å²) >= 11 is 0. The van der Waals surface area contributed by atoms with E-state index in [2.05, 4.69) is 6.92 Å². The van der Waals surface area contributed by atoms with Crippen molar-refractivity contribution in [2.45, 2.75) is 58.5 Å². The van der Waals surface area contributed by atoms with Crippen LogP contribution >= 0.6 is 0 Å². The van der Waals surface area contributed by atoms with Crippen molar-refractivity contribution in [3.05, 3.63) is 23.8 Å². The zero-order valence-electron chi connectivity index (χ0n) is 16.3. The van der Waals surface area contributed by atoms with E-state index in [9.17, 15) is 19.5 Å². The maximum Gasteiger partial charge on any atom is 0.338 e. The van der Waals surface area contributed by atoms with Crippen LogP contribution in [0.3, 0.4) is 0 Å². The van der Waals surface area contributed by atoms with E-state index in [4.69, 9.17) is 4.74 Å². The van der Waals surface area contributed by atoms with Crippen molar-refractivity contribution in [3.8, 4) is 0 Å². The molecule has 6 atom stereocenters. The lowest BCUT2D eigenvalue weighted by Gasteiger charge is -2.56. The van der Waals surface area contributed by atoms with Crippen LogP contribution in [0.1, 0.15) is 52.9 Å². The van der Waals surface area contributed by atoms with Gasteiger partial charge in [0.2, 0.25) is 0 Å². The van der Waals surface area contributed by atoms with Crippen LogP contribution in [0.25, 0.3) is 0 Å². The lowest BCUT2D eigenvalue weighted by molar-refractivity contribution is -0.187. The molecule has 0 aromatic heterocycles. The van der Waals surface area contributed by atoms with Gasteiger partial charge in [0.25, 0.3) is 0 Å². The van der Waals surface area contributed by atoms with Crippen LogP contribution in [0, 0.1) is 28.6 Å². The first-order valence-corrected chi connectivity index (χ1v) is 10.0. The summed E-state index contributed by atoms with van der Waals surface area (Å²) in [6.07, 6.45) is 8.03. The molecule has 4 rings (SSSR count). The Hall–Kier alpha value is -1.75. The fourth-order valence-electron chi connectivity index (χ4n) is 6.62. The highest BCUT2D eigenvalue weighted by Gasteiger charge is 2.69. The molecule has 3 saturated carbocycles. The molecule has 0 unspecified atom stereocenters. The first kappa shape index (κ1) is 18.6. The standard InChI is InChI=1S/C22H28O5/c1-4-27-19(25)22(26)10-8-16-15-6-5-13-11-14(23)7-9-20(13,2)18(15)17(24)12-21(16,22)3/h7,9,11,15-16,18,26H,4-6,8,10,12H2,1-3H3/t15-,16-,18+,20-,21-,22-/m0/s1. The fraction of sp³-hybridized carbons (Fsp3) is 0.682. The van der Waals surface area contributed by atoms with Gasteiger partial charge in [-0.1, -0.05) is 25.5 Å². The van der Waals surface area contributed by atoms with Crippen molar-refractivity contribution < 1.29 is 24.2 Å². The van der Waals surface area contributed by atoms with Gasteiger partial charge in [0.15, 0.2) is 11.4 Å². The number of carbonyl (C=O) groups excluding carboxylic acids is 3. The number of ketones is 2. The molecule has 0 amide bonds. The Morgan fingerprint density at radius 2 is 2.04 bits per heavy atom. The fourth-order valence-corrected chi connectivity index (χ4v) is 6.62. The largest absolute Gasteiger partial charge is 0.464 e. The number of hydrogen-bond donors (Lipinski definition) is 1. The van der Waals surface area contributed by atoms with Crippen LogP contribution in [-0.4, -0.2) is 34.9 Å². The minimum atomic E-state index is -1.59. The minimum Gasteiger partial charge on any atom is -0.464 e. The van der Waals surface area contributed by atoms with Gasteiger partial charge in [0.1, 0.15) is 5.78 Å². The van der Waals surface area contributed by atoms with Crippen molar-refractivity contribution >= 4 is 17.5 Å². The quantitative estimate of drug-likeness (QED) is 0.754. The van der Waals surface area contributed by atoms with E-state index in [1.165, 1.54) is 0 Å². The number of carbonyl (C=O) groups is 3. The second-order valence-corrected chi connectivity index (χ2v) is 9.15. The van der Waals surface area contributed by atoms with Crippen molar-refractivity contribution in [3.63, 3.8) is 0 Å². The molecule has 146 valence electrons. The van der Waals surface area contributed by atoms with Crippen LogP contribution in [0.15, 0.2) is 23.8 Å². The molecule has 0 aromatic carbocycles. The number of rotatable bonds is 2. The molecule has 0 aromatic rings. The predicted octanol–water partition coefficient (Wildman–Crippen LogP) is 2.77. The molecule has 5 heteroatoms. The van der Waals surface area contributed by atoms with Crippen LogP contribution in [0.5, 0.6) is 0 Å². The zero-order valence-corrected chi connectivity index (χ0v) is 16.3. The molecule has 0 saturated heterocycles. The molecule has 5 nitrogen and oxygen atoms in total. The summed E-state index contributed by atoms with van der Waals surface area (Å²) in [6, 6.07) is 0. The van der Waals surface area contributed by atoms with Gasteiger partial charge >= 0.3 is 5.97 Å². The molecule has 4 aliphatic rings. The van der Waals surface area contributed by atoms with Crippen LogP contribution in [-0.2, 0) is 19.1 Å². The average molecular weight is 372 g/mol. The normalized spacial score (nSPS) is 45.6. The Morgan fingerprint density at radius 1 is 1.30 bits per heavy atom. The summed E-state index contributed by atoms with van der Waals surface area (Å²) < 4.78 is 5.17. The summed E-state index contributed by atoms with van der Waals surface area (Å²) in [5.41, 5.74) is -1.76. The highest BCUT2D eigenvalue weighted by atomic mass is 16.5. The Kier molecular flexibility index (Phi) is 4.05. The SMILES string of the molecule is CCOC(=O)[C@@]1(O)CC[C@H]2[C@@H]3CCC4=CC(=O)C=C[C@]4(C)[C@H]3C(=O)C[C@@]21C. The molecule has 27 heavy (non-hydrogen) atoms. The maximum atomic E-state index is 13.4. The number of aliphatic hydroxyl groups is 1. The van der Waals surface area contributed by atoms with Gasteiger partial charge in [-0.25, -0.2) is 4.79 Å². The summed E-state index contributed by atoms with van der Waals surface area (Å²) in [6.45, 7) is 5.90. The topological polar surface area (TPSA) is 80.7 Å². The highest BCUT2D eigenvalue weighted by Crippen LogP contribution is 2.66. The average Bonchev–Trinajstić information content (AvgIpc) is 2.87. The van der Waals surface area contributed by atoms with E-state index < -0.39 is 22.4 Å². The van der Waals surface area contributed by atoms with E-state index in [0.29, 0.717) is 6.42 Å². The molecule has 3 fully saturated rings. The molecular weight excluding hydrogens is 344 g/mol. The van der Waals surface area contributed by atoms with E-state index in [1.807, 2.05) is 13.0 Å². The third kappa shape index (κ3) is 2.30. The van der Waals surface area contributed by atoms with Crippen molar-refractivity contribution in [1.82, 2.24) is 0 Å². The first-order valence-electron chi connectivity index (χ1n) is 10.0. The monoisotopic (exact) mass is 372 g/mol. The number of Topliss-reactive ketones (excluding diaryl/α,β-unsaturated/α-hetero) is 1. The molecule has 0 radical (unpaired) electrons. The molecule has 0 heterocycles. The summed E-state index contributed by atoms with van der Waals surface area (Å²) in [7, 11) is 0. The van der Waals surface area contributed by atoms with Gasteiger partial charge < -0.3 is 9.84 Å². The highest BCUT2D eigenvalue weighted by molar-refractivity contribution is 6.02. The minimum absolute atomic E-state index is 0.00780. The molecule has 1 N–H and O–H groups in total. The van der Waals surface area contributed by atoms with Gasteiger partial charge in [-0.2, -0.15) is 0 Å². The molecule has 4 aliphatic carbocycles. The van der Waals surface area contributed by atoms with E-state index in [0.717, 1.165) is 24.8 Å². The summed E-state index contributed by atoms with van der Waals surface area (Å²) in [5.74, 6) is -0.489. The number of ether oxygens (including phenoxy) is 1. The van der Waals surface area contributed by atoms with Gasteiger partial charge in [0.05, 0.1) is 6.61 Å². The van der Waals surface area contributed by atoms with E-state index >= 15 is 0 Å². The number of fused-ring (bicyclic) bond motifs is 5. The van der Waals surface area contributed by atoms with Crippen LogP contribution < -0.4 is 0 Å². The van der Waals surface area contributed by atoms with Gasteiger partial charge in [-0.15, -0.1) is 0 Å².